The molecule has 0 saturated heterocycles. The SMILES string of the molecule is N=c1c(S(=O)(=O)c2ccc(Br)cc2)cc2c(=O)n3ccccc3nc2n1Cc1ccc(F)cc1. The van der Waals surface area contributed by atoms with Crippen molar-refractivity contribution in [3.05, 3.63) is 111 Å². The highest BCUT2D eigenvalue weighted by atomic mass is 79.9. The van der Waals surface area contributed by atoms with Crippen LogP contribution >= 0.6 is 15.9 Å². The Morgan fingerprint density at radius 1 is 1.00 bits per heavy atom. The van der Waals surface area contributed by atoms with E-state index in [1.165, 1.54) is 51.4 Å². The van der Waals surface area contributed by atoms with Gasteiger partial charge >= 0.3 is 0 Å². The molecule has 0 saturated carbocycles. The van der Waals surface area contributed by atoms with Gasteiger partial charge in [0.1, 0.15) is 27.5 Å². The van der Waals surface area contributed by atoms with Crippen LogP contribution in [0, 0.1) is 11.2 Å². The maximum Gasteiger partial charge on any atom is 0.267 e. The summed E-state index contributed by atoms with van der Waals surface area (Å²) in [6, 6.07) is 17.9. The van der Waals surface area contributed by atoms with Gasteiger partial charge in [-0.15, -0.1) is 0 Å². The van der Waals surface area contributed by atoms with Crippen LogP contribution in [0.5, 0.6) is 0 Å². The van der Waals surface area contributed by atoms with Crippen LogP contribution in [0.4, 0.5) is 4.39 Å². The second kappa shape index (κ2) is 8.30. The van der Waals surface area contributed by atoms with Crippen LogP contribution in [-0.4, -0.2) is 22.4 Å². The van der Waals surface area contributed by atoms with Gasteiger partial charge in [0.25, 0.3) is 5.56 Å². The summed E-state index contributed by atoms with van der Waals surface area (Å²) in [6.45, 7) is 0.0226. The zero-order chi connectivity index (χ0) is 24.0. The number of nitrogens with zero attached hydrogens (tertiary/aromatic N) is 3. The minimum absolute atomic E-state index is 0.00858. The number of halogens is 2. The van der Waals surface area contributed by atoms with Crippen molar-refractivity contribution in [1.29, 1.82) is 5.41 Å². The van der Waals surface area contributed by atoms with Gasteiger partial charge in [-0.3, -0.25) is 14.6 Å². The van der Waals surface area contributed by atoms with Gasteiger partial charge in [0.15, 0.2) is 0 Å². The first kappa shape index (κ1) is 22.2. The van der Waals surface area contributed by atoms with E-state index in [1.54, 1.807) is 36.5 Å². The van der Waals surface area contributed by atoms with Crippen LogP contribution in [0.2, 0.25) is 0 Å². The fourth-order valence-corrected chi connectivity index (χ4v) is 5.38. The Hall–Kier alpha value is -3.63. The molecule has 0 spiro atoms. The van der Waals surface area contributed by atoms with E-state index < -0.39 is 21.2 Å². The maximum absolute atomic E-state index is 13.5. The average Bonchev–Trinajstić information content (AvgIpc) is 2.82. The second-order valence-corrected chi connectivity index (χ2v) is 10.4. The van der Waals surface area contributed by atoms with E-state index in [-0.39, 0.29) is 32.9 Å². The summed E-state index contributed by atoms with van der Waals surface area (Å²) in [5, 5.41) is 8.85. The van der Waals surface area contributed by atoms with Gasteiger partial charge in [0.05, 0.1) is 16.8 Å². The predicted octanol–water partition coefficient (Wildman–Crippen LogP) is 3.91. The van der Waals surface area contributed by atoms with Gasteiger partial charge in [-0.2, -0.15) is 0 Å². The van der Waals surface area contributed by atoms with Crippen LogP contribution in [0.25, 0.3) is 16.7 Å². The Labute approximate surface area is 201 Å². The molecule has 0 aliphatic heterocycles. The Morgan fingerprint density at radius 3 is 2.41 bits per heavy atom. The molecule has 170 valence electrons. The lowest BCUT2D eigenvalue weighted by atomic mass is 10.2. The third-order valence-electron chi connectivity index (χ3n) is 5.45. The Morgan fingerprint density at radius 2 is 1.71 bits per heavy atom. The molecule has 0 unspecified atom stereocenters. The molecule has 0 fully saturated rings. The van der Waals surface area contributed by atoms with E-state index in [0.29, 0.717) is 15.7 Å². The fraction of sp³-hybridized carbons (Fsp3) is 0.0417. The lowest BCUT2D eigenvalue weighted by Crippen LogP contribution is -2.30. The molecular weight excluding hydrogens is 523 g/mol. The standard InChI is InChI=1S/C24H16BrFN4O3S/c25-16-6-10-18(11-7-16)34(32,33)20-13-19-23(28-21-3-1-2-12-29(21)24(19)31)30(22(20)27)14-15-4-8-17(26)9-5-15/h1-13,27H,14H2. The Bertz CT molecular complexity index is 1800. The third kappa shape index (κ3) is 3.74. The molecule has 0 aliphatic rings. The largest absolute Gasteiger partial charge is 0.305 e. The molecular formula is C24H16BrFN4O3S. The third-order valence-corrected chi connectivity index (χ3v) is 7.76. The van der Waals surface area contributed by atoms with Gasteiger partial charge in [0, 0.05) is 10.7 Å². The first-order valence-corrected chi connectivity index (χ1v) is 12.4. The van der Waals surface area contributed by atoms with E-state index in [4.69, 9.17) is 5.41 Å². The Balaban J connectivity index is 1.86. The smallest absolute Gasteiger partial charge is 0.267 e. The molecule has 5 aromatic rings. The summed E-state index contributed by atoms with van der Waals surface area (Å²) in [7, 11) is -4.13. The molecule has 7 nitrogen and oxygen atoms in total. The van der Waals surface area contributed by atoms with E-state index in [2.05, 4.69) is 20.9 Å². The fourth-order valence-electron chi connectivity index (χ4n) is 3.73. The van der Waals surface area contributed by atoms with Crippen molar-refractivity contribution in [3.8, 4) is 0 Å². The van der Waals surface area contributed by atoms with Crippen molar-refractivity contribution < 1.29 is 12.8 Å². The number of hydrogen-bond acceptors (Lipinski definition) is 5. The summed E-state index contributed by atoms with van der Waals surface area (Å²) in [5.41, 5.74) is 0.359. The van der Waals surface area contributed by atoms with Crippen molar-refractivity contribution in [2.45, 2.75) is 16.3 Å². The number of benzene rings is 2. The van der Waals surface area contributed by atoms with Crippen LogP contribution in [-0.2, 0) is 16.4 Å². The van der Waals surface area contributed by atoms with Gasteiger partial charge in [-0.05, 0) is 60.2 Å². The van der Waals surface area contributed by atoms with Gasteiger partial charge < -0.3 is 4.57 Å². The molecule has 2 aromatic carbocycles. The zero-order valence-corrected chi connectivity index (χ0v) is 19.8. The number of fused-ring (bicyclic) bond motifs is 2. The minimum atomic E-state index is -4.13. The van der Waals surface area contributed by atoms with Gasteiger partial charge in [-0.25, -0.2) is 17.8 Å². The lowest BCUT2D eigenvalue weighted by molar-refractivity contribution is 0.591. The van der Waals surface area contributed by atoms with E-state index in [0.717, 1.165) is 0 Å². The monoisotopic (exact) mass is 538 g/mol. The van der Waals surface area contributed by atoms with Crippen LogP contribution in [0.3, 0.4) is 0 Å². The molecule has 3 heterocycles. The molecule has 3 aromatic heterocycles. The molecule has 0 amide bonds. The summed E-state index contributed by atoms with van der Waals surface area (Å²) >= 11 is 3.29. The van der Waals surface area contributed by atoms with Crippen molar-refractivity contribution in [1.82, 2.24) is 14.0 Å². The highest BCUT2D eigenvalue weighted by molar-refractivity contribution is 9.10. The summed E-state index contributed by atoms with van der Waals surface area (Å²) in [4.78, 5) is 17.5. The molecule has 0 aliphatic carbocycles. The van der Waals surface area contributed by atoms with Crippen molar-refractivity contribution in [2.24, 2.45) is 0 Å². The van der Waals surface area contributed by atoms with E-state index in [1.807, 2.05) is 0 Å². The number of hydrogen-bond donors (Lipinski definition) is 1. The normalized spacial score (nSPS) is 11.8. The molecule has 1 N–H and O–H groups in total. The first-order valence-electron chi connectivity index (χ1n) is 10.1. The molecule has 10 heteroatoms. The summed E-state index contributed by atoms with van der Waals surface area (Å²) in [6.07, 6.45) is 1.55. The number of aromatic nitrogens is 3. The highest BCUT2D eigenvalue weighted by Crippen LogP contribution is 2.23. The molecule has 0 bridgehead atoms. The van der Waals surface area contributed by atoms with E-state index in [9.17, 15) is 17.6 Å². The lowest BCUT2D eigenvalue weighted by Gasteiger charge is -2.15. The van der Waals surface area contributed by atoms with Crippen LogP contribution in [0.15, 0.2) is 98.1 Å². The van der Waals surface area contributed by atoms with Crippen molar-refractivity contribution in [2.75, 3.05) is 0 Å². The van der Waals surface area contributed by atoms with Crippen molar-refractivity contribution in [3.63, 3.8) is 0 Å². The topological polar surface area (TPSA) is 97.3 Å². The van der Waals surface area contributed by atoms with Crippen LogP contribution in [0.1, 0.15) is 5.56 Å². The first-order chi connectivity index (χ1) is 16.3. The van der Waals surface area contributed by atoms with Crippen molar-refractivity contribution >= 4 is 42.4 Å². The second-order valence-electron chi connectivity index (χ2n) is 7.61. The maximum atomic E-state index is 13.5. The number of pyridine rings is 2. The summed E-state index contributed by atoms with van der Waals surface area (Å²) in [5.74, 6) is -0.418. The van der Waals surface area contributed by atoms with Gasteiger partial charge in [-0.1, -0.05) is 34.1 Å². The van der Waals surface area contributed by atoms with E-state index >= 15 is 0 Å². The predicted molar refractivity (Wildman–Crippen MR) is 128 cm³/mol. The number of nitrogens with one attached hydrogen (secondary N) is 1. The molecule has 5 rings (SSSR count). The average molecular weight is 539 g/mol. The number of rotatable bonds is 4. The molecule has 0 radical (unpaired) electrons. The quantitative estimate of drug-likeness (QED) is 0.351. The van der Waals surface area contributed by atoms with Gasteiger partial charge in [0.2, 0.25) is 9.84 Å². The zero-order valence-electron chi connectivity index (χ0n) is 17.4. The Kier molecular flexibility index (Phi) is 5.41. The molecule has 0 atom stereocenters. The highest BCUT2D eigenvalue weighted by Gasteiger charge is 2.24. The minimum Gasteiger partial charge on any atom is -0.305 e. The van der Waals surface area contributed by atoms with Crippen LogP contribution < -0.4 is 11.0 Å². The number of sulfone groups is 1. The summed E-state index contributed by atoms with van der Waals surface area (Å²) < 4.78 is 43.8. The molecule has 34 heavy (non-hydrogen) atoms.